The summed E-state index contributed by atoms with van der Waals surface area (Å²) >= 11 is 0. The summed E-state index contributed by atoms with van der Waals surface area (Å²) < 4.78 is 3.89. The highest BCUT2D eigenvalue weighted by atomic mass is 16.2. The first-order chi connectivity index (χ1) is 11.8. The highest BCUT2D eigenvalue weighted by molar-refractivity contribution is 5.77. The summed E-state index contributed by atoms with van der Waals surface area (Å²) in [6, 6.07) is 2.29. The van der Waals surface area contributed by atoms with Gasteiger partial charge in [-0.2, -0.15) is 10.2 Å². The van der Waals surface area contributed by atoms with Crippen LogP contribution < -0.4 is 0 Å². The van der Waals surface area contributed by atoms with Gasteiger partial charge in [-0.3, -0.25) is 14.2 Å². The molecule has 25 heavy (non-hydrogen) atoms. The molecule has 0 unspecified atom stereocenters. The van der Waals surface area contributed by atoms with Crippen molar-refractivity contribution < 1.29 is 4.79 Å². The number of carbonyl (C=O) groups excluding carboxylic acids is 1. The maximum absolute atomic E-state index is 13.0. The molecule has 3 heterocycles. The highest BCUT2D eigenvalue weighted by Crippen LogP contribution is 2.36. The van der Waals surface area contributed by atoms with Gasteiger partial charge in [0.15, 0.2) is 0 Å². The molecule has 0 radical (unpaired) electrons. The molecular formula is C19H29N5O. The smallest absolute Gasteiger partial charge is 0.225 e. The fourth-order valence-electron chi connectivity index (χ4n) is 4.19. The van der Waals surface area contributed by atoms with Gasteiger partial charge in [0.25, 0.3) is 0 Å². The lowest BCUT2D eigenvalue weighted by atomic mass is 10.0. The maximum Gasteiger partial charge on any atom is 0.225 e. The number of rotatable bonds is 4. The molecule has 6 nitrogen and oxygen atoms in total. The van der Waals surface area contributed by atoms with Crippen LogP contribution in [0.2, 0.25) is 0 Å². The second kappa shape index (κ2) is 6.65. The van der Waals surface area contributed by atoms with Crippen molar-refractivity contribution in [1.82, 2.24) is 24.5 Å². The van der Waals surface area contributed by atoms with Crippen molar-refractivity contribution in [3.8, 4) is 0 Å². The molecule has 0 saturated carbocycles. The number of hydrogen-bond donors (Lipinski definition) is 0. The monoisotopic (exact) mass is 343 g/mol. The summed E-state index contributed by atoms with van der Waals surface area (Å²) in [5.74, 6) is 0.213. The SMILES string of the molecule is Cc1cc(C)n([C@@H](C)CC(=O)N2CCC[C@H]2c2c(C)nn(C)c2C)n1. The maximum atomic E-state index is 13.0. The lowest BCUT2D eigenvalue weighted by Crippen LogP contribution is -2.32. The van der Waals surface area contributed by atoms with Gasteiger partial charge < -0.3 is 4.90 Å². The van der Waals surface area contributed by atoms with Crippen LogP contribution in [-0.2, 0) is 11.8 Å². The standard InChI is InChI=1S/C19H29N5O/c1-12-10-13(2)24(20-12)14(3)11-18(25)23-9-7-8-17(23)19-15(4)21-22(6)16(19)5/h10,14,17H,7-9,11H2,1-6H3/t14-,17-/m0/s1. The van der Waals surface area contributed by atoms with Crippen LogP contribution >= 0.6 is 0 Å². The number of hydrogen-bond acceptors (Lipinski definition) is 3. The molecule has 0 bridgehead atoms. The molecule has 6 heteroatoms. The van der Waals surface area contributed by atoms with Crippen LogP contribution in [0.3, 0.4) is 0 Å². The molecule has 3 rings (SSSR count). The van der Waals surface area contributed by atoms with Gasteiger partial charge in [0, 0.05) is 37.0 Å². The molecule has 1 fully saturated rings. The fourth-order valence-corrected chi connectivity index (χ4v) is 4.19. The number of carbonyl (C=O) groups is 1. The summed E-state index contributed by atoms with van der Waals surface area (Å²) in [4.78, 5) is 15.1. The Bertz CT molecular complexity index is 788. The Morgan fingerprint density at radius 1 is 1.28 bits per heavy atom. The van der Waals surface area contributed by atoms with Crippen molar-refractivity contribution in [2.24, 2.45) is 7.05 Å². The van der Waals surface area contributed by atoms with Gasteiger partial charge in [-0.1, -0.05) is 0 Å². The number of aryl methyl sites for hydroxylation is 4. The highest BCUT2D eigenvalue weighted by Gasteiger charge is 2.34. The number of likely N-dealkylation sites (tertiary alicyclic amines) is 1. The Labute approximate surface area is 149 Å². The molecule has 1 saturated heterocycles. The van der Waals surface area contributed by atoms with E-state index in [9.17, 15) is 4.79 Å². The molecule has 0 N–H and O–H groups in total. The summed E-state index contributed by atoms with van der Waals surface area (Å²) in [7, 11) is 1.97. The van der Waals surface area contributed by atoms with Crippen LogP contribution in [0.4, 0.5) is 0 Å². The topological polar surface area (TPSA) is 56.0 Å². The molecule has 2 atom stereocenters. The largest absolute Gasteiger partial charge is 0.335 e. The van der Waals surface area contributed by atoms with Crippen molar-refractivity contribution in [2.75, 3.05) is 6.54 Å². The third-order valence-electron chi connectivity index (χ3n) is 5.40. The van der Waals surface area contributed by atoms with Gasteiger partial charge >= 0.3 is 0 Å². The molecule has 2 aromatic heterocycles. The first-order valence-corrected chi connectivity index (χ1v) is 9.12. The average molecular weight is 343 g/mol. The van der Waals surface area contributed by atoms with E-state index in [0.717, 1.165) is 42.2 Å². The van der Waals surface area contributed by atoms with E-state index in [4.69, 9.17) is 0 Å². The molecule has 0 aromatic carbocycles. The lowest BCUT2D eigenvalue weighted by Gasteiger charge is -2.27. The molecule has 1 aliphatic heterocycles. The molecule has 136 valence electrons. The normalized spacial score (nSPS) is 18.8. The Kier molecular flexibility index (Phi) is 4.71. The Morgan fingerprint density at radius 2 is 2.00 bits per heavy atom. The number of amides is 1. The summed E-state index contributed by atoms with van der Waals surface area (Å²) in [6.45, 7) is 11.1. The van der Waals surface area contributed by atoms with Crippen molar-refractivity contribution in [3.05, 3.63) is 34.4 Å². The molecular weight excluding hydrogens is 314 g/mol. The van der Waals surface area contributed by atoms with E-state index in [1.54, 1.807) is 0 Å². The second-order valence-corrected chi connectivity index (χ2v) is 7.38. The van der Waals surface area contributed by atoms with Crippen molar-refractivity contribution >= 4 is 5.91 Å². The van der Waals surface area contributed by atoms with E-state index in [-0.39, 0.29) is 18.0 Å². The van der Waals surface area contributed by atoms with Gasteiger partial charge in [0.05, 0.1) is 23.5 Å². The zero-order valence-corrected chi connectivity index (χ0v) is 16.2. The minimum absolute atomic E-state index is 0.0681. The molecule has 0 spiro atoms. The fraction of sp³-hybridized carbons (Fsp3) is 0.632. The zero-order valence-electron chi connectivity index (χ0n) is 16.2. The summed E-state index contributed by atoms with van der Waals surface area (Å²) in [5, 5.41) is 9.07. The summed E-state index contributed by atoms with van der Waals surface area (Å²) in [5.41, 5.74) is 5.53. The number of aromatic nitrogens is 4. The van der Waals surface area contributed by atoms with Crippen molar-refractivity contribution in [2.45, 2.75) is 66.0 Å². The average Bonchev–Trinajstić information content (AvgIpc) is 3.19. The number of nitrogens with zero attached hydrogens (tertiary/aromatic N) is 5. The van der Waals surface area contributed by atoms with Crippen LogP contribution in [0, 0.1) is 27.7 Å². The van der Waals surface area contributed by atoms with E-state index in [1.807, 2.05) is 37.2 Å². The first-order valence-electron chi connectivity index (χ1n) is 9.12. The van der Waals surface area contributed by atoms with Crippen LogP contribution in [0.15, 0.2) is 6.07 Å². The zero-order chi connectivity index (χ0) is 18.3. The van der Waals surface area contributed by atoms with Crippen molar-refractivity contribution in [1.29, 1.82) is 0 Å². The van der Waals surface area contributed by atoms with E-state index in [1.165, 1.54) is 5.56 Å². The third kappa shape index (κ3) is 3.22. The lowest BCUT2D eigenvalue weighted by molar-refractivity contribution is -0.133. The van der Waals surface area contributed by atoms with Gasteiger partial charge in [-0.25, -0.2) is 0 Å². The predicted octanol–water partition coefficient (Wildman–Crippen LogP) is 3.17. The predicted molar refractivity (Wildman–Crippen MR) is 97.4 cm³/mol. The minimum Gasteiger partial charge on any atom is -0.335 e. The Balaban J connectivity index is 1.78. The van der Waals surface area contributed by atoms with E-state index >= 15 is 0 Å². The molecule has 2 aromatic rings. The van der Waals surface area contributed by atoms with Gasteiger partial charge in [0.2, 0.25) is 5.91 Å². The Hall–Kier alpha value is -2.11. The van der Waals surface area contributed by atoms with E-state index in [0.29, 0.717) is 6.42 Å². The summed E-state index contributed by atoms with van der Waals surface area (Å²) in [6.07, 6.45) is 2.56. The van der Waals surface area contributed by atoms with Crippen LogP contribution in [0.1, 0.15) is 66.6 Å². The van der Waals surface area contributed by atoms with E-state index < -0.39 is 0 Å². The van der Waals surface area contributed by atoms with E-state index in [2.05, 4.69) is 35.0 Å². The van der Waals surface area contributed by atoms with Gasteiger partial charge in [-0.15, -0.1) is 0 Å². The first kappa shape index (κ1) is 17.7. The van der Waals surface area contributed by atoms with Gasteiger partial charge in [-0.05, 0) is 53.5 Å². The molecule has 1 amide bonds. The second-order valence-electron chi connectivity index (χ2n) is 7.38. The third-order valence-corrected chi connectivity index (χ3v) is 5.40. The van der Waals surface area contributed by atoms with Crippen LogP contribution in [0.5, 0.6) is 0 Å². The molecule has 1 aliphatic rings. The molecule has 0 aliphatic carbocycles. The minimum atomic E-state index is 0.0681. The Morgan fingerprint density at radius 3 is 2.56 bits per heavy atom. The van der Waals surface area contributed by atoms with Crippen molar-refractivity contribution in [3.63, 3.8) is 0 Å². The van der Waals surface area contributed by atoms with Crippen LogP contribution in [-0.4, -0.2) is 36.9 Å². The quantitative estimate of drug-likeness (QED) is 0.857. The van der Waals surface area contributed by atoms with Gasteiger partial charge in [0.1, 0.15) is 0 Å². The van der Waals surface area contributed by atoms with Crippen LogP contribution in [0.25, 0.3) is 0 Å².